The van der Waals surface area contributed by atoms with Gasteiger partial charge in [0, 0.05) is 0 Å². The molecular weight excluding hydrogens is 330 g/mol. The molecule has 1 heterocycles. The standard InChI is InChI=1S/C17H22BrNS/c1-6-19-17(14-8-15(18)20-9-14)16-12(4)10(2)7-11(3)13(16)5/h7-9,17,19H,6H2,1-5H3. The maximum Gasteiger partial charge on any atom is 0.0701 e. The Hall–Kier alpha value is -0.640. The monoisotopic (exact) mass is 351 g/mol. The van der Waals surface area contributed by atoms with Gasteiger partial charge >= 0.3 is 0 Å². The summed E-state index contributed by atoms with van der Waals surface area (Å²) in [5, 5.41) is 5.89. The van der Waals surface area contributed by atoms with Crippen molar-refractivity contribution < 1.29 is 0 Å². The molecule has 1 atom stereocenters. The van der Waals surface area contributed by atoms with Crippen molar-refractivity contribution in [3.63, 3.8) is 0 Å². The average molecular weight is 352 g/mol. The van der Waals surface area contributed by atoms with Crippen LogP contribution in [0.3, 0.4) is 0 Å². The molecule has 20 heavy (non-hydrogen) atoms. The quantitative estimate of drug-likeness (QED) is 0.772. The van der Waals surface area contributed by atoms with Crippen LogP contribution < -0.4 is 5.32 Å². The molecule has 0 amide bonds. The van der Waals surface area contributed by atoms with E-state index in [0.717, 1.165) is 6.54 Å². The van der Waals surface area contributed by atoms with E-state index >= 15 is 0 Å². The predicted octanol–water partition coefficient (Wildman–Crippen LogP) is 5.44. The van der Waals surface area contributed by atoms with Crippen molar-refractivity contribution in [2.45, 2.75) is 40.7 Å². The van der Waals surface area contributed by atoms with Gasteiger partial charge in [0.15, 0.2) is 0 Å². The second kappa shape index (κ2) is 6.42. The van der Waals surface area contributed by atoms with E-state index in [-0.39, 0.29) is 6.04 Å². The van der Waals surface area contributed by atoms with Gasteiger partial charge in [-0.2, -0.15) is 0 Å². The topological polar surface area (TPSA) is 12.0 Å². The van der Waals surface area contributed by atoms with Crippen LogP contribution in [0.2, 0.25) is 0 Å². The number of nitrogens with one attached hydrogen (secondary N) is 1. The Balaban J connectivity index is 2.60. The lowest BCUT2D eigenvalue weighted by Gasteiger charge is -2.24. The molecule has 1 aromatic heterocycles. The Morgan fingerprint density at radius 1 is 1.10 bits per heavy atom. The Morgan fingerprint density at radius 3 is 2.15 bits per heavy atom. The van der Waals surface area contributed by atoms with E-state index in [2.05, 4.69) is 73.4 Å². The third-order valence-corrected chi connectivity index (χ3v) is 5.56. The van der Waals surface area contributed by atoms with Crippen LogP contribution in [0.25, 0.3) is 0 Å². The second-order valence-electron chi connectivity index (χ2n) is 5.35. The summed E-state index contributed by atoms with van der Waals surface area (Å²) in [6, 6.07) is 4.80. The van der Waals surface area contributed by atoms with E-state index in [1.807, 2.05) is 0 Å². The van der Waals surface area contributed by atoms with Crippen LogP contribution in [0.5, 0.6) is 0 Å². The fraction of sp³-hybridized carbons (Fsp3) is 0.412. The summed E-state index contributed by atoms with van der Waals surface area (Å²) in [5.41, 5.74) is 8.35. The summed E-state index contributed by atoms with van der Waals surface area (Å²) in [6.07, 6.45) is 0. The lowest BCUT2D eigenvalue weighted by Crippen LogP contribution is -2.24. The SMILES string of the molecule is CCNC(c1csc(Br)c1)c1c(C)c(C)cc(C)c1C. The molecule has 0 bridgehead atoms. The smallest absolute Gasteiger partial charge is 0.0701 e. The highest BCUT2D eigenvalue weighted by Gasteiger charge is 2.20. The molecule has 1 nitrogen and oxygen atoms in total. The van der Waals surface area contributed by atoms with Crippen LogP contribution in [-0.2, 0) is 0 Å². The number of hydrogen-bond donors (Lipinski definition) is 1. The molecule has 2 rings (SSSR count). The van der Waals surface area contributed by atoms with Crippen molar-refractivity contribution in [1.82, 2.24) is 5.32 Å². The van der Waals surface area contributed by atoms with Gasteiger partial charge in [-0.15, -0.1) is 11.3 Å². The van der Waals surface area contributed by atoms with Crippen molar-refractivity contribution in [3.05, 3.63) is 54.7 Å². The van der Waals surface area contributed by atoms with Gasteiger partial charge in [-0.05, 0) is 95.0 Å². The van der Waals surface area contributed by atoms with Gasteiger partial charge in [-0.25, -0.2) is 0 Å². The van der Waals surface area contributed by atoms with E-state index in [9.17, 15) is 0 Å². The van der Waals surface area contributed by atoms with Crippen molar-refractivity contribution in [3.8, 4) is 0 Å². The van der Waals surface area contributed by atoms with Crippen molar-refractivity contribution in [1.29, 1.82) is 0 Å². The molecule has 0 spiro atoms. The first-order valence-electron chi connectivity index (χ1n) is 7.00. The van der Waals surface area contributed by atoms with Gasteiger partial charge in [0.2, 0.25) is 0 Å². The van der Waals surface area contributed by atoms with Crippen LogP contribution in [0.4, 0.5) is 0 Å². The maximum atomic E-state index is 3.65. The van der Waals surface area contributed by atoms with Gasteiger partial charge in [-0.1, -0.05) is 13.0 Å². The first-order valence-corrected chi connectivity index (χ1v) is 8.67. The van der Waals surface area contributed by atoms with E-state index in [0.29, 0.717) is 0 Å². The molecule has 0 fully saturated rings. The van der Waals surface area contributed by atoms with Crippen LogP contribution >= 0.6 is 27.3 Å². The Labute approximate surface area is 134 Å². The number of rotatable bonds is 4. The average Bonchev–Trinajstić information content (AvgIpc) is 2.82. The van der Waals surface area contributed by atoms with Crippen molar-refractivity contribution in [2.75, 3.05) is 6.54 Å². The first-order chi connectivity index (χ1) is 9.45. The van der Waals surface area contributed by atoms with Crippen LogP contribution in [-0.4, -0.2) is 6.54 Å². The molecule has 0 aliphatic carbocycles. The number of hydrogen-bond acceptors (Lipinski definition) is 2. The zero-order valence-corrected chi connectivity index (χ0v) is 15.2. The van der Waals surface area contributed by atoms with Crippen molar-refractivity contribution >= 4 is 27.3 Å². The molecule has 0 radical (unpaired) electrons. The van der Waals surface area contributed by atoms with Gasteiger partial charge in [-0.3, -0.25) is 0 Å². The third-order valence-electron chi connectivity index (χ3n) is 4.04. The van der Waals surface area contributed by atoms with Crippen LogP contribution in [0.15, 0.2) is 21.3 Å². The normalized spacial score (nSPS) is 12.7. The third kappa shape index (κ3) is 3.00. The highest BCUT2D eigenvalue weighted by molar-refractivity contribution is 9.11. The fourth-order valence-corrected chi connectivity index (χ4v) is 3.95. The molecule has 0 aliphatic rings. The molecule has 0 saturated carbocycles. The summed E-state index contributed by atoms with van der Waals surface area (Å²) >= 11 is 5.33. The summed E-state index contributed by atoms with van der Waals surface area (Å²) in [7, 11) is 0. The summed E-state index contributed by atoms with van der Waals surface area (Å²) in [6.45, 7) is 12.0. The number of benzene rings is 1. The molecule has 1 unspecified atom stereocenters. The van der Waals surface area contributed by atoms with Gasteiger partial charge in [0.05, 0.1) is 9.83 Å². The molecule has 0 saturated heterocycles. The zero-order chi connectivity index (χ0) is 14.9. The predicted molar refractivity (Wildman–Crippen MR) is 92.9 cm³/mol. The summed E-state index contributed by atoms with van der Waals surface area (Å²) < 4.78 is 1.19. The Bertz CT molecular complexity index is 589. The van der Waals surface area contributed by atoms with Gasteiger partial charge in [0.1, 0.15) is 0 Å². The highest BCUT2D eigenvalue weighted by Crippen LogP contribution is 2.34. The summed E-state index contributed by atoms with van der Waals surface area (Å²) in [5.74, 6) is 0. The van der Waals surface area contributed by atoms with E-state index in [4.69, 9.17) is 0 Å². The molecule has 1 N–H and O–H groups in total. The van der Waals surface area contributed by atoms with Gasteiger partial charge < -0.3 is 5.32 Å². The largest absolute Gasteiger partial charge is 0.306 e. The molecule has 0 aliphatic heterocycles. The molecule has 1 aromatic carbocycles. The molecule has 3 heteroatoms. The van der Waals surface area contributed by atoms with Crippen LogP contribution in [0.1, 0.15) is 46.3 Å². The molecule has 2 aromatic rings. The zero-order valence-electron chi connectivity index (χ0n) is 12.8. The Kier molecular flexibility index (Phi) is 5.05. The minimum atomic E-state index is 0.279. The first kappa shape index (κ1) is 15.7. The van der Waals surface area contributed by atoms with E-state index in [1.54, 1.807) is 11.3 Å². The highest BCUT2D eigenvalue weighted by atomic mass is 79.9. The summed E-state index contributed by atoms with van der Waals surface area (Å²) in [4.78, 5) is 0. The lowest BCUT2D eigenvalue weighted by atomic mass is 9.87. The number of aryl methyl sites for hydroxylation is 2. The maximum absolute atomic E-state index is 3.65. The minimum Gasteiger partial charge on any atom is -0.306 e. The van der Waals surface area contributed by atoms with E-state index < -0.39 is 0 Å². The van der Waals surface area contributed by atoms with Gasteiger partial charge in [0.25, 0.3) is 0 Å². The van der Waals surface area contributed by atoms with Crippen LogP contribution in [0, 0.1) is 27.7 Å². The Morgan fingerprint density at radius 2 is 1.70 bits per heavy atom. The minimum absolute atomic E-state index is 0.279. The number of thiophene rings is 1. The van der Waals surface area contributed by atoms with E-state index in [1.165, 1.54) is 37.2 Å². The second-order valence-corrected chi connectivity index (χ2v) is 7.64. The molecular formula is C17H22BrNS. The lowest BCUT2D eigenvalue weighted by molar-refractivity contribution is 0.625. The van der Waals surface area contributed by atoms with Crippen molar-refractivity contribution in [2.24, 2.45) is 0 Å². The molecule has 108 valence electrons. The fourth-order valence-electron chi connectivity index (χ4n) is 2.75. The number of halogens is 1.